The zero-order chi connectivity index (χ0) is 17.8. The van der Waals surface area contributed by atoms with Gasteiger partial charge in [0.15, 0.2) is 0 Å². The molecule has 2 atom stereocenters. The van der Waals surface area contributed by atoms with Crippen molar-refractivity contribution in [3.8, 4) is 0 Å². The van der Waals surface area contributed by atoms with Gasteiger partial charge in [-0.25, -0.2) is 0 Å². The number of benzene rings is 1. The number of hydrogen-bond acceptors (Lipinski definition) is 2. The molecule has 0 radical (unpaired) electrons. The van der Waals surface area contributed by atoms with E-state index in [9.17, 15) is 9.59 Å². The molecule has 1 saturated carbocycles. The summed E-state index contributed by atoms with van der Waals surface area (Å²) in [4.78, 5) is 24.5. The Morgan fingerprint density at radius 1 is 1.20 bits per heavy atom. The van der Waals surface area contributed by atoms with Crippen molar-refractivity contribution in [2.24, 2.45) is 11.8 Å². The fraction of sp³-hybridized carbons (Fsp3) is 0.500. The van der Waals surface area contributed by atoms with Crippen molar-refractivity contribution in [2.75, 3.05) is 11.9 Å². The van der Waals surface area contributed by atoms with Gasteiger partial charge in [0.25, 0.3) is 0 Å². The second kappa shape index (κ2) is 8.05. The molecule has 0 heterocycles. The highest BCUT2D eigenvalue weighted by molar-refractivity contribution is 6.31. The highest BCUT2D eigenvalue weighted by Gasteiger charge is 2.47. The van der Waals surface area contributed by atoms with Crippen LogP contribution < -0.4 is 10.6 Å². The maximum absolute atomic E-state index is 12.3. The summed E-state index contributed by atoms with van der Waals surface area (Å²) >= 11 is 5.98. The third-order valence-electron chi connectivity index (χ3n) is 5.05. The number of anilines is 1. The Balaban J connectivity index is 1.43. The second-order valence-corrected chi connectivity index (χ2v) is 7.48. The molecule has 4 nitrogen and oxygen atoms in total. The van der Waals surface area contributed by atoms with Crippen LogP contribution in [0.15, 0.2) is 29.8 Å². The van der Waals surface area contributed by atoms with Crippen LogP contribution in [0.2, 0.25) is 5.02 Å². The van der Waals surface area contributed by atoms with Crippen molar-refractivity contribution in [3.05, 3.63) is 40.4 Å². The van der Waals surface area contributed by atoms with Crippen LogP contribution in [0, 0.1) is 18.8 Å². The second-order valence-electron chi connectivity index (χ2n) is 7.05. The van der Waals surface area contributed by atoms with E-state index in [1.165, 1.54) is 18.4 Å². The summed E-state index contributed by atoms with van der Waals surface area (Å²) in [7, 11) is 0. The normalized spacial score (nSPS) is 22.1. The Hall–Kier alpha value is -1.81. The van der Waals surface area contributed by atoms with Gasteiger partial charge in [0.05, 0.1) is 11.8 Å². The number of hydrogen-bond donors (Lipinski definition) is 2. The standard InChI is InChI=1S/C20H25ClN2O2/c1-13-7-8-15(21)11-18(13)23-20(25)17-12-16(17)19(24)22-10-9-14-5-3-2-4-6-14/h5,7-8,11,16-17H,2-4,6,9-10,12H2,1H3,(H,22,24)(H,23,25). The number of carbonyl (C=O) groups excluding carboxylic acids is 2. The van der Waals surface area contributed by atoms with E-state index in [1.807, 2.05) is 13.0 Å². The molecule has 1 aromatic carbocycles. The van der Waals surface area contributed by atoms with Crippen LogP contribution in [-0.4, -0.2) is 18.4 Å². The van der Waals surface area contributed by atoms with Crippen molar-refractivity contribution >= 4 is 29.1 Å². The number of carbonyl (C=O) groups is 2. The molecule has 25 heavy (non-hydrogen) atoms. The van der Waals surface area contributed by atoms with Gasteiger partial charge >= 0.3 is 0 Å². The lowest BCUT2D eigenvalue weighted by Gasteiger charge is -2.13. The number of aryl methyl sites for hydroxylation is 1. The fourth-order valence-corrected chi connectivity index (χ4v) is 3.51. The predicted molar refractivity (Wildman–Crippen MR) is 101 cm³/mol. The van der Waals surface area contributed by atoms with E-state index in [1.54, 1.807) is 12.1 Å². The molecule has 0 saturated heterocycles. The van der Waals surface area contributed by atoms with Gasteiger partial charge < -0.3 is 10.6 Å². The summed E-state index contributed by atoms with van der Waals surface area (Å²) in [6, 6.07) is 5.40. The monoisotopic (exact) mass is 360 g/mol. The summed E-state index contributed by atoms with van der Waals surface area (Å²) < 4.78 is 0. The van der Waals surface area contributed by atoms with Crippen LogP contribution in [0.1, 0.15) is 44.1 Å². The summed E-state index contributed by atoms with van der Waals surface area (Å²) in [5, 5.41) is 6.46. The first-order valence-electron chi connectivity index (χ1n) is 9.07. The van der Waals surface area contributed by atoms with E-state index < -0.39 is 0 Å². The predicted octanol–water partition coefficient (Wildman–Crippen LogP) is 4.23. The average molecular weight is 361 g/mol. The molecule has 2 aliphatic carbocycles. The summed E-state index contributed by atoms with van der Waals surface area (Å²) in [5.74, 6) is -0.521. The lowest BCUT2D eigenvalue weighted by Crippen LogP contribution is -2.28. The molecule has 2 aliphatic rings. The fourth-order valence-electron chi connectivity index (χ4n) is 3.34. The SMILES string of the molecule is Cc1ccc(Cl)cc1NC(=O)C1CC1C(=O)NCCC1=CCCCC1. The molecule has 134 valence electrons. The first-order chi connectivity index (χ1) is 12.0. The first-order valence-corrected chi connectivity index (χ1v) is 9.45. The first kappa shape index (κ1) is 18.0. The van der Waals surface area contributed by atoms with E-state index in [0.29, 0.717) is 23.7 Å². The third-order valence-corrected chi connectivity index (χ3v) is 5.29. The van der Waals surface area contributed by atoms with Crippen molar-refractivity contribution < 1.29 is 9.59 Å². The summed E-state index contributed by atoms with van der Waals surface area (Å²) in [6.07, 6.45) is 8.71. The van der Waals surface area contributed by atoms with Gasteiger partial charge in [-0.2, -0.15) is 0 Å². The zero-order valence-electron chi connectivity index (χ0n) is 14.6. The van der Waals surface area contributed by atoms with E-state index in [4.69, 9.17) is 11.6 Å². The molecule has 1 aromatic rings. The zero-order valence-corrected chi connectivity index (χ0v) is 15.4. The van der Waals surface area contributed by atoms with Gasteiger partial charge in [0.2, 0.25) is 11.8 Å². The van der Waals surface area contributed by atoms with Crippen LogP contribution in [0.3, 0.4) is 0 Å². The Morgan fingerprint density at radius 2 is 2.00 bits per heavy atom. The molecule has 0 aromatic heterocycles. The Kier molecular flexibility index (Phi) is 5.79. The average Bonchev–Trinajstić information content (AvgIpc) is 3.40. The van der Waals surface area contributed by atoms with E-state index in [2.05, 4.69) is 16.7 Å². The molecule has 3 rings (SSSR count). The van der Waals surface area contributed by atoms with Crippen LogP contribution in [0.4, 0.5) is 5.69 Å². The molecule has 2 unspecified atom stereocenters. The van der Waals surface area contributed by atoms with Gasteiger partial charge in [0, 0.05) is 17.3 Å². The maximum atomic E-state index is 12.3. The van der Waals surface area contributed by atoms with E-state index in [-0.39, 0.29) is 23.7 Å². The molecule has 0 bridgehead atoms. The Bertz CT molecular complexity index is 699. The Morgan fingerprint density at radius 3 is 2.76 bits per heavy atom. The number of rotatable bonds is 6. The third kappa shape index (κ3) is 4.85. The van der Waals surface area contributed by atoms with Gasteiger partial charge in [-0.3, -0.25) is 9.59 Å². The summed E-state index contributed by atoms with van der Waals surface area (Å²) in [6.45, 7) is 2.59. The van der Waals surface area contributed by atoms with Crippen LogP contribution >= 0.6 is 11.6 Å². The van der Waals surface area contributed by atoms with Crippen molar-refractivity contribution in [1.82, 2.24) is 5.32 Å². The highest BCUT2D eigenvalue weighted by atomic mass is 35.5. The van der Waals surface area contributed by atoms with E-state index in [0.717, 1.165) is 24.8 Å². The van der Waals surface area contributed by atoms with Crippen molar-refractivity contribution in [3.63, 3.8) is 0 Å². The quantitative estimate of drug-likeness (QED) is 0.746. The number of nitrogens with one attached hydrogen (secondary N) is 2. The number of halogens is 1. The van der Waals surface area contributed by atoms with Gasteiger partial charge in [-0.05, 0) is 63.1 Å². The smallest absolute Gasteiger partial charge is 0.228 e. The molecular weight excluding hydrogens is 336 g/mol. The van der Waals surface area contributed by atoms with Crippen molar-refractivity contribution in [2.45, 2.75) is 45.4 Å². The molecule has 5 heteroatoms. The van der Waals surface area contributed by atoms with Crippen LogP contribution in [-0.2, 0) is 9.59 Å². The highest BCUT2D eigenvalue weighted by Crippen LogP contribution is 2.39. The molecule has 2 amide bonds. The largest absolute Gasteiger partial charge is 0.356 e. The lowest BCUT2D eigenvalue weighted by atomic mass is 9.97. The molecule has 0 spiro atoms. The van der Waals surface area contributed by atoms with Gasteiger partial charge in [-0.1, -0.05) is 29.3 Å². The lowest BCUT2D eigenvalue weighted by molar-refractivity contribution is -0.125. The molecule has 1 fully saturated rings. The molecule has 0 aliphatic heterocycles. The van der Waals surface area contributed by atoms with Gasteiger partial charge in [0.1, 0.15) is 0 Å². The number of allylic oxidation sites excluding steroid dienone is 1. The summed E-state index contributed by atoms with van der Waals surface area (Å²) in [5.41, 5.74) is 3.13. The minimum atomic E-state index is -0.229. The van der Waals surface area contributed by atoms with E-state index >= 15 is 0 Å². The minimum Gasteiger partial charge on any atom is -0.356 e. The van der Waals surface area contributed by atoms with Crippen molar-refractivity contribution in [1.29, 1.82) is 0 Å². The van der Waals surface area contributed by atoms with Gasteiger partial charge in [-0.15, -0.1) is 0 Å². The maximum Gasteiger partial charge on any atom is 0.228 e. The number of amides is 2. The molecular formula is C20H25ClN2O2. The minimum absolute atomic E-state index is 0.000578. The topological polar surface area (TPSA) is 58.2 Å². The van der Waals surface area contributed by atoms with Crippen LogP contribution in [0.25, 0.3) is 0 Å². The molecule has 2 N–H and O–H groups in total. The van der Waals surface area contributed by atoms with Crippen LogP contribution in [0.5, 0.6) is 0 Å². The Labute approximate surface area is 154 Å².